The van der Waals surface area contributed by atoms with E-state index >= 15 is 16.8 Å². The van der Waals surface area contributed by atoms with Crippen molar-refractivity contribution in [3.63, 3.8) is 0 Å². The van der Waals surface area contributed by atoms with Crippen LogP contribution < -0.4 is 39.2 Å². The number of carbonyl (C=O) groups is 2. The molecule has 1 aliphatic rings. The summed E-state index contributed by atoms with van der Waals surface area (Å²) in [4.78, 5) is 25.7. The van der Waals surface area contributed by atoms with E-state index in [2.05, 4.69) is 30.4 Å². The fourth-order valence-electron chi connectivity index (χ4n) is 8.38. The lowest BCUT2D eigenvalue weighted by Gasteiger charge is -2.37. The third kappa shape index (κ3) is 17.3. The summed E-state index contributed by atoms with van der Waals surface area (Å²) in [5.41, 5.74) is 0.890. The smallest absolute Gasteiger partial charge is 0.407 e. The Balaban J connectivity index is 1.54. The molecule has 2 heterocycles. The number of anilines is 1. The van der Waals surface area contributed by atoms with E-state index in [0.29, 0.717) is 28.4 Å². The number of hydrogen-bond acceptors (Lipinski definition) is 17. The second-order valence-electron chi connectivity index (χ2n) is 21.9. The maximum absolute atomic E-state index is 16.4. The van der Waals surface area contributed by atoms with Crippen LogP contribution in [-0.2, 0) is 58.9 Å². The molecular weight excluding hydrogens is 1120 g/mol. The first-order chi connectivity index (χ1) is 37.9. The number of carbonyl (C=O) groups excluding carboxylic acids is 1. The van der Waals surface area contributed by atoms with E-state index < -0.39 is 83.8 Å². The lowest BCUT2D eigenvalue weighted by molar-refractivity contribution is 0.0528. The van der Waals surface area contributed by atoms with Crippen molar-refractivity contribution in [1.82, 2.24) is 44.6 Å². The third-order valence-corrected chi connectivity index (χ3v) is 23.8. The first kappa shape index (κ1) is 63.8. The molecule has 5 aromatic rings. The number of hydrogen-bond donors (Lipinski definition) is 5. The standard InChI is InChI=1S/C53H76N10O14S3Si/c1-52(2,3)77-51(66)54-28-29-56-78(67,68)44-26-30-61(31-27-44)45-24-25-46(79(69,70)59-40(32-55-50(64)65)36-76-81(10,11)53(4,5)6)48(47(45)49-57-60-63(58-49)35-39-16-22-43(75-9)23-17-39)80(71,72)62(33-37-12-18-41(73-7)19-13-37)34-38-14-20-42(74-8)21-15-38/h12-25,40,44,55-56,59H,26-36H2,1-11H3,(H,54,66)(H,64,65)/t40-/m0/s1. The van der Waals surface area contributed by atoms with E-state index in [0.717, 1.165) is 15.9 Å². The summed E-state index contributed by atoms with van der Waals surface area (Å²) in [5, 5.41) is 26.8. The van der Waals surface area contributed by atoms with Crippen LogP contribution in [0, 0.1) is 0 Å². The Kier molecular flexibility index (Phi) is 21.0. The van der Waals surface area contributed by atoms with Gasteiger partial charge in [-0.1, -0.05) is 57.2 Å². The highest BCUT2D eigenvalue weighted by Gasteiger charge is 2.42. The summed E-state index contributed by atoms with van der Waals surface area (Å²) >= 11 is 0. The van der Waals surface area contributed by atoms with E-state index in [-0.39, 0.29) is 87.4 Å². The molecule has 1 atom stereocenters. The molecule has 444 valence electrons. The molecule has 1 fully saturated rings. The Morgan fingerprint density at radius 3 is 1.78 bits per heavy atom. The molecule has 0 bridgehead atoms. The van der Waals surface area contributed by atoms with Gasteiger partial charge in [-0.25, -0.2) is 44.3 Å². The average Bonchev–Trinajstić information content (AvgIpc) is 4.10. The number of nitrogens with zero attached hydrogens (tertiary/aromatic N) is 6. The topological polar surface area (TPSA) is 301 Å². The molecule has 0 unspecified atom stereocenters. The largest absolute Gasteiger partial charge is 0.497 e. The number of aromatic nitrogens is 4. The highest BCUT2D eigenvalue weighted by Crippen LogP contribution is 2.43. The minimum atomic E-state index is -5.10. The zero-order valence-electron chi connectivity index (χ0n) is 47.7. The van der Waals surface area contributed by atoms with Gasteiger partial charge in [0.05, 0.1) is 51.3 Å². The maximum Gasteiger partial charge on any atom is 0.407 e. The van der Waals surface area contributed by atoms with Crippen LogP contribution in [-0.4, -0.2) is 153 Å². The number of methoxy groups -OCH3 is 3. The van der Waals surface area contributed by atoms with Crippen molar-refractivity contribution in [3.8, 4) is 28.6 Å². The van der Waals surface area contributed by atoms with Gasteiger partial charge in [-0.05, 0) is 122 Å². The van der Waals surface area contributed by atoms with Gasteiger partial charge >= 0.3 is 12.2 Å². The molecule has 0 aliphatic carbocycles. The highest BCUT2D eigenvalue weighted by atomic mass is 32.2. The van der Waals surface area contributed by atoms with Crippen molar-refractivity contribution in [2.45, 2.75) is 119 Å². The third-order valence-electron chi connectivity index (χ3n) is 13.8. The molecule has 0 saturated carbocycles. The minimum Gasteiger partial charge on any atom is -0.497 e. The monoisotopic (exact) mass is 1200 g/mol. The van der Waals surface area contributed by atoms with E-state index in [4.69, 9.17) is 28.5 Å². The number of ether oxygens (including phenoxy) is 4. The Morgan fingerprint density at radius 2 is 1.28 bits per heavy atom. The number of nitrogens with one attached hydrogen (secondary N) is 4. The molecule has 1 aliphatic heterocycles. The maximum atomic E-state index is 16.4. The number of tetrazole rings is 1. The SMILES string of the molecule is COc1ccc(CN(Cc2ccc(OC)cc2)S(=O)(=O)c2c(S(=O)(=O)N[C@@H](CNC(=O)O)CO[Si](C)(C)C(C)(C)C)ccc(N3CCC(S(=O)(=O)NCCNC(=O)OC(C)(C)C)CC3)c2-c2nnn(Cc3ccc(OC)cc3)n2)cc1. The predicted octanol–water partition coefficient (Wildman–Crippen LogP) is 6.15. The first-order valence-electron chi connectivity index (χ1n) is 26.1. The Hall–Kier alpha value is -6.40. The molecular formula is C53H76N10O14S3Si. The van der Waals surface area contributed by atoms with Gasteiger partial charge in [-0.2, -0.15) is 9.10 Å². The molecule has 0 radical (unpaired) electrons. The molecule has 28 heteroatoms. The number of amides is 2. The summed E-state index contributed by atoms with van der Waals surface area (Å²) in [6, 6.07) is 21.8. The molecule has 5 N–H and O–H groups in total. The van der Waals surface area contributed by atoms with Gasteiger partial charge in [0.15, 0.2) is 8.32 Å². The summed E-state index contributed by atoms with van der Waals surface area (Å²) in [7, 11) is -12.2. The van der Waals surface area contributed by atoms with E-state index in [1.807, 2.05) is 33.9 Å². The van der Waals surface area contributed by atoms with Crippen molar-refractivity contribution in [3.05, 3.63) is 102 Å². The number of alkyl carbamates (subject to hydrolysis) is 1. The van der Waals surface area contributed by atoms with Crippen molar-refractivity contribution < 1.29 is 63.3 Å². The van der Waals surface area contributed by atoms with Crippen LogP contribution in [0.25, 0.3) is 11.4 Å². The summed E-state index contributed by atoms with van der Waals surface area (Å²) in [6.07, 6.45) is -2.04. The number of piperidine rings is 1. The normalized spacial score (nSPS) is 14.3. The lowest BCUT2D eigenvalue weighted by Crippen LogP contribution is -2.50. The van der Waals surface area contributed by atoms with Gasteiger partial charge in [-0.3, -0.25) is 0 Å². The number of sulfonamides is 3. The van der Waals surface area contributed by atoms with Gasteiger partial charge in [0, 0.05) is 51.5 Å². The average molecular weight is 1200 g/mol. The Morgan fingerprint density at radius 1 is 0.753 bits per heavy atom. The van der Waals surface area contributed by atoms with E-state index in [1.54, 1.807) is 98.5 Å². The molecule has 4 aromatic carbocycles. The molecule has 1 saturated heterocycles. The molecule has 1 aromatic heterocycles. The second kappa shape index (κ2) is 26.7. The predicted molar refractivity (Wildman–Crippen MR) is 307 cm³/mol. The van der Waals surface area contributed by atoms with Crippen LogP contribution >= 0.6 is 0 Å². The van der Waals surface area contributed by atoms with Gasteiger partial charge < -0.3 is 44.0 Å². The molecule has 0 spiro atoms. The second-order valence-corrected chi connectivity index (χ2v) is 32.3. The fraction of sp³-hybridized carbons (Fsp3) is 0.491. The Labute approximate surface area is 476 Å². The van der Waals surface area contributed by atoms with Gasteiger partial charge in [0.2, 0.25) is 35.9 Å². The molecule has 24 nitrogen and oxygen atoms in total. The van der Waals surface area contributed by atoms with Crippen molar-refractivity contribution in [2.24, 2.45) is 0 Å². The fourth-order valence-corrected chi connectivity index (χ4v) is 14.5. The summed E-state index contributed by atoms with van der Waals surface area (Å²) in [6.45, 7) is 13.6. The van der Waals surface area contributed by atoms with Gasteiger partial charge in [0.25, 0.3) is 0 Å². The highest BCUT2D eigenvalue weighted by molar-refractivity contribution is 7.92. The van der Waals surface area contributed by atoms with Crippen LogP contribution in [0.1, 0.15) is 71.1 Å². The summed E-state index contributed by atoms with van der Waals surface area (Å²) < 4.78 is 125. The quantitative estimate of drug-likeness (QED) is 0.0306. The van der Waals surface area contributed by atoms with Crippen molar-refractivity contribution in [1.29, 1.82) is 0 Å². The van der Waals surface area contributed by atoms with Crippen LogP contribution in [0.2, 0.25) is 18.1 Å². The van der Waals surface area contributed by atoms with Gasteiger partial charge in [0.1, 0.15) is 32.6 Å². The van der Waals surface area contributed by atoms with Gasteiger partial charge in [-0.15, -0.1) is 10.2 Å². The van der Waals surface area contributed by atoms with Crippen LogP contribution in [0.4, 0.5) is 15.3 Å². The lowest BCUT2D eigenvalue weighted by atomic mass is 10.1. The number of benzene rings is 4. The number of rotatable bonds is 26. The summed E-state index contributed by atoms with van der Waals surface area (Å²) in [5.74, 6) is 1.34. The molecule has 2 amide bonds. The molecule has 81 heavy (non-hydrogen) atoms. The van der Waals surface area contributed by atoms with Crippen LogP contribution in [0.3, 0.4) is 0 Å². The van der Waals surface area contributed by atoms with E-state index in [9.17, 15) is 23.1 Å². The number of carboxylic acid groups (broad SMARTS) is 1. The van der Waals surface area contributed by atoms with Crippen LogP contribution in [0.15, 0.2) is 94.7 Å². The Bertz CT molecular complexity index is 3230. The minimum absolute atomic E-state index is 0.0354. The molecule has 6 rings (SSSR count). The van der Waals surface area contributed by atoms with Crippen molar-refractivity contribution >= 4 is 56.3 Å². The van der Waals surface area contributed by atoms with Crippen molar-refractivity contribution in [2.75, 3.05) is 65.6 Å². The first-order valence-corrected chi connectivity index (χ1v) is 33.5. The zero-order chi connectivity index (χ0) is 59.6. The van der Waals surface area contributed by atoms with E-state index in [1.165, 1.54) is 32.2 Å². The zero-order valence-corrected chi connectivity index (χ0v) is 51.1. The van der Waals surface area contributed by atoms with Crippen LogP contribution in [0.5, 0.6) is 17.2 Å².